The summed E-state index contributed by atoms with van der Waals surface area (Å²) in [6.45, 7) is 5.84. The van der Waals surface area contributed by atoms with Gasteiger partial charge in [0.05, 0.1) is 33.6 Å². The van der Waals surface area contributed by atoms with Crippen molar-refractivity contribution in [2.45, 2.75) is 138 Å². The van der Waals surface area contributed by atoms with E-state index in [9.17, 15) is 4.79 Å². The molecule has 2 aliphatic heterocycles. The third-order valence-corrected chi connectivity index (χ3v) is 25.7. The lowest BCUT2D eigenvalue weighted by molar-refractivity contribution is 0.0367. The van der Waals surface area contributed by atoms with Gasteiger partial charge in [0.2, 0.25) is 0 Å². The van der Waals surface area contributed by atoms with Gasteiger partial charge in [0.15, 0.2) is 0 Å². The lowest BCUT2D eigenvalue weighted by atomic mass is 9.78. The molecule has 16 aromatic rings. The Kier molecular flexibility index (Phi) is 20.7. The number of ether oxygens (including phenoxy) is 1. The van der Waals surface area contributed by atoms with Crippen LogP contribution in [0.3, 0.4) is 0 Å². The smallest absolute Gasteiger partial charge is 0.410 e. The first-order chi connectivity index (χ1) is 58.6. The Morgan fingerprint density at radius 3 is 1.13 bits per heavy atom. The van der Waals surface area contributed by atoms with Crippen LogP contribution < -0.4 is 22.5 Å². The first kappa shape index (κ1) is 75.0. The number of nitrogen functional groups attached to an aromatic ring is 3. The molecule has 21 heteroatoms. The maximum atomic E-state index is 12.6. The third kappa shape index (κ3) is 15.3. The minimum atomic E-state index is -0.238. The predicted molar refractivity (Wildman–Crippen MR) is 473 cm³/mol. The van der Waals surface area contributed by atoms with Gasteiger partial charge in [-0.1, -0.05) is 202 Å². The number of rotatable bonds is 15. The second-order valence-corrected chi connectivity index (χ2v) is 33.1. The molecule has 4 saturated carbocycles. The topological polar surface area (TPSA) is 255 Å². The highest BCUT2D eigenvalue weighted by atomic mass is 16.6. The summed E-state index contributed by atoms with van der Waals surface area (Å²) >= 11 is 0. The van der Waals surface area contributed by atoms with Crippen LogP contribution in [0.15, 0.2) is 250 Å². The van der Waals surface area contributed by atoms with Crippen molar-refractivity contribution >= 4 is 72.8 Å². The molecule has 596 valence electrons. The fourth-order valence-electron chi connectivity index (χ4n) is 19.0. The van der Waals surface area contributed by atoms with Crippen molar-refractivity contribution < 1.29 is 9.53 Å². The fourth-order valence-corrected chi connectivity index (χ4v) is 19.0. The maximum absolute atomic E-state index is 12.6. The highest BCUT2D eigenvalue weighted by molar-refractivity contribution is 5.95. The van der Waals surface area contributed by atoms with Gasteiger partial charge in [0, 0.05) is 155 Å². The second-order valence-electron chi connectivity index (χ2n) is 33.1. The van der Waals surface area contributed by atoms with Gasteiger partial charge in [0.1, 0.15) is 75.2 Å². The Hall–Kier alpha value is -12.8. The number of piperidine rings is 1. The average molecular weight is 1570 g/mol. The van der Waals surface area contributed by atoms with Crippen molar-refractivity contribution in [2.75, 3.05) is 56.5 Å². The summed E-state index contributed by atoms with van der Waals surface area (Å²) in [6, 6.07) is 74.7. The van der Waals surface area contributed by atoms with E-state index in [4.69, 9.17) is 51.8 Å². The van der Waals surface area contributed by atoms with Crippen LogP contribution in [0.25, 0.3) is 117 Å². The molecular formula is C98H97N19O2. The summed E-state index contributed by atoms with van der Waals surface area (Å²) in [6.07, 6.45) is 28.5. The number of anilines is 3. The number of benzene rings is 7. The summed E-state index contributed by atoms with van der Waals surface area (Å²) in [5.41, 5.74) is 37.6. The molecule has 7 aromatic carbocycles. The van der Waals surface area contributed by atoms with E-state index in [0.29, 0.717) is 79.1 Å². The molecule has 4 aliphatic carbocycles. The molecular weight excluding hydrogens is 1480 g/mol. The van der Waals surface area contributed by atoms with E-state index in [1.54, 1.807) is 18.6 Å². The number of hydrogen-bond donors (Lipinski definition) is 4. The number of amides is 1. The Morgan fingerprint density at radius 1 is 0.370 bits per heavy atom. The van der Waals surface area contributed by atoms with E-state index in [1.165, 1.54) is 77.3 Å². The van der Waals surface area contributed by atoms with Gasteiger partial charge in [0.25, 0.3) is 0 Å². The standard InChI is InChI=1S/C37H35N7O2.C31H32N6.C30H30N6/c38-35-34-33(28-12-11-27-13-14-31(40-32(27)23-28)26-9-5-2-6-10-26)41-36(44(34)16-15-39-35)29-21-30(22-29)42-17-19-43(20-18-42)37(45)46-24-25-7-3-1-4-8-25;32-30-29-28(22-12-11-21-13-14-26(35-27(21)19-22)20-7-3-1-4-8-20)36-31(37(29)16-15-33-30)23-17-25(18-23)34-24-9-5-2-6-10-24;31-29-28-27(22-10-9-21-11-12-25(33-26(21)19-22)20-7-3-1-4-8-20)34-30(36(28)16-13-32-29)23-17-24(18-23)35-14-5-2-6-15-35/h1-16,23,29-30H,17-22,24H2,(H2,38,39);1,3-4,7-8,11-16,19,23-25,34H,2,5-6,9-10,17-18H2,(H2,32,33);1,3-4,7-13,16,19,23-24H,2,5-6,14-15,17-18H2,(H2,31,32). The Morgan fingerprint density at radius 2 is 0.731 bits per heavy atom. The number of fused-ring (bicyclic) bond motifs is 6. The van der Waals surface area contributed by atoms with Crippen LogP contribution >= 0.6 is 0 Å². The van der Waals surface area contributed by atoms with Gasteiger partial charge in [-0.3, -0.25) is 18.1 Å². The van der Waals surface area contributed by atoms with Crippen LogP contribution in [0.5, 0.6) is 0 Å². The number of aromatic nitrogens is 12. The molecule has 1 amide bonds. The van der Waals surface area contributed by atoms with Crippen molar-refractivity contribution in [1.29, 1.82) is 0 Å². The van der Waals surface area contributed by atoms with Crippen LogP contribution in [0, 0.1) is 0 Å². The van der Waals surface area contributed by atoms with Crippen molar-refractivity contribution in [1.82, 2.24) is 78.1 Å². The zero-order valence-electron chi connectivity index (χ0n) is 66.8. The number of carbonyl (C=O) groups excluding carboxylic acids is 1. The minimum Gasteiger partial charge on any atom is -0.445 e. The summed E-state index contributed by atoms with van der Waals surface area (Å²) in [7, 11) is 0. The Bertz CT molecular complexity index is 6340. The maximum Gasteiger partial charge on any atom is 0.410 e. The highest BCUT2D eigenvalue weighted by Crippen LogP contribution is 2.46. The van der Waals surface area contributed by atoms with Crippen molar-refractivity contribution in [3.63, 3.8) is 0 Å². The molecule has 9 aromatic heterocycles. The molecule has 0 spiro atoms. The minimum absolute atomic E-state index is 0.238. The van der Waals surface area contributed by atoms with Crippen LogP contribution in [0.1, 0.15) is 131 Å². The number of likely N-dealkylation sites (tertiary alicyclic amines) is 1. The van der Waals surface area contributed by atoms with Gasteiger partial charge in [-0.05, 0) is 119 Å². The van der Waals surface area contributed by atoms with Gasteiger partial charge < -0.3 is 37.1 Å². The summed E-state index contributed by atoms with van der Waals surface area (Å²) < 4.78 is 12.0. The van der Waals surface area contributed by atoms with Crippen LogP contribution in [0.4, 0.5) is 22.2 Å². The van der Waals surface area contributed by atoms with E-state index < -0.39 is 0 Å². The van der Waals surface area contributed by atoms with E-state index in [-0.39, 0.29) is 6.09 Å². The molecule has 119 heavy (non-hydrogen) atoms. The molecule has 0 atom stereocenters. The van der Waals surface area contributed by atoms with Gasteiger partial charge >= 0.3 is 6.09 Å². The highest BCUT2D eigenvalue weighted by Gasteiger charge is 2.41. The van der Waals surface area contributed by atoms with Gasteiger partial charge in [-0.2, -0.15) is 0 Å². The molecule has 11 heterocycles. The molecule has 6 aliphatic rings. The second kappa shape index (κ2) is 32.9. The molecule has 0 radical (unpaired) electrons. The Labute approximate surface area is 691 Å². The third-order valence-electron chi connectivity index (χ3n) is 25.7. The zero-order valence-corrected chi connectivity index (χ0v) is 66.8. The first-order valence-corrected chi connectivity index (χ1v) is 42.5. The van der Waals surface area contributed by atoms with Gasteiger partial charge in [-0.15, -0.1) is 0 Å². The Balaban J connectivity index is 0.000000115. The number of pyridine rings is 3. The molecule has 2 saturated heterocycles. The number of piperazine rings is 1. The van der Waals surface area contributed by atoms with E-state index >= 15 is 0 Å². The fraction of sp³-hybridized carbons (Fsp3) is 0.286. The predicted octanol–water partition coefficient (Wildman–Crippen LogP) is 18.7. The first-order valence-electron chi connectivity index (χ1n) is 42.5. The number of carbonyl (C=O) groups is 1. The van der Waals surface area contributed by atoms with Crippen LogP contribution in [-0.4, -0.2) is 142 Å². The van der Waals surface area contributed by atoms with Crippen molar-refractivity contribution in [3.8, 4) is 67.5 Å². The monoisotopic (exact) mass is 1570 g/mol. The molecule has 7 N–H and O–H groups in total. The van der Waals surface area contributed by atoms with Crippen molar-refractivity contribution in [2.24, 2.45) is 0 Å². The molecule has 22 rings (SSSR count). The summed E-state index contributed by atoms with van der Waals surface area (Å²) in [4.78, 5) is 63.5. The van der Waals surface area contributed by atoms with E-state index in [1.807, 2.05) is 108 Å². The zero-order chi connectivity index (χ0) is 79.9. The quantitative estimate of drug-likeness (QED) is 0.0744. The molecule has 21 nitrogen and oxygen atoms in total. The summed E-state index contributed by atoms with van der Waals surface area (Å²) in [5, 5.41) is 7.20. The summed E-state index contributed by atoms with van der Waals surface area (Å²) in [5.74, 6) is 5.89. The van der Waals surface area contributed by atoms with Crippen LogP contribution in [-0.2, 0) is 11.3 Å². The largest absolute Gasteiger partial charge is 0.445 e. The van der Waals surface area contributed by atoms with Gasteiger partial charge in [-0.25, -0.2) is 49.7 Å². The SMILES string of the molecule is Nc1nccn2c(C3CC(N4CCCCC4)C3)nc(-c3ccc4ccc(-c5ccccc5)nc4c3)c12.Nc1nccn2c(C3CC(N4CCN(C(=O)OCc5ccccc5)CC4)C3)nc(-c3ccc4ccc(-c5ccccc5)nc4c3)c12.Nc1nccn2c(C3CC(NC4CCCCC4)C3)nc(-c3ccc4ccc(-c5ccccc5)nc4c3)c12. The average Bonchev–Trinajstić information content (AvgIpc) is 1.60. The lowest BCUT2D eigenvalue weighted by Gasteiger charge is -2.45. The number of nitrogens with two attached hydrogens (primary N) is 3. The van der Waals surface area contributed by atoms with E-state index in [2.05, 4.69) is 171 Å². The molecule has 0 unspecified atom stereocenters. The number of hydrogen-bond acceptors (Lipinski definition) is 17. The molecule has 0 bridgehead atoms. The van der Waals surface area contributed by atoms with E-state index in [0.717, 1.165) is 179 Å². The van der Waals surface area contributed by atoms with Crippen LogP contribution in [0.2, 0.25) is 0 Å². The number of imidazole rings is 3. The number of nitrogens with one attached hydrogen (secondary N) is 1. The van der Waals surface area contributed by atoms with Crippen molar-refractivity contribution in [3.05, 3.63) is 273 Å². The normalized spacial score (nSPS) is 19.7. The molecule has 6 fully saturated rings. The number of nitrogens with zero attached hydrogens (tertiary/aromatic N) is 15. The lowest BCUT2D eigenvalue weighted by Crippen LogP contribution is -2.55.